The molecule has 6 nitrogen and oxygen atoms in total. The Kier molecular flexibility index (Phi) is 8.44. The molecule has 0 atom stereocenters. The minimum absolute atomic E-state index is 0.0601. The van der Waals surface area contributed by atoms with Gasteiger partial charge in [0.25, 0.3) is 5.91 Å². The Morgan fingerprint density at radius 2 is 1.84 bits per heavy atom. The molecule has 1 aromatic heterocycles. The quantitative estimate of drug-likeness (QED) is 0.334. The Hall–Kier alpha value is -3.13. The highest BCUT2D eigenvalue weighted by Gasteiger charge is 2.16. The van der Waals surface area contributed by atoms with Crippen LogP contribution in [0.5, 0.6) is 0 Å². The number of aryl methyl sites for hydroxylation is 1. The number of H-pyrrole nitrogens is 1. The van der Waals surface area contributed by atoms with Crippen LogP contribution in [0.4, 0.5) is 4.39 Å². The molecule has 2 aromatic carbocycles. The van der Waals surface area contributed by atoms with Crippen LogP contribution in [-0.2, 0) is 11.2 Å². The summed E-state index contributed by atoms with van der Waals surface area (Å²) in [6.07, 6.45) is 3.69. The van der Waals surface area contributed by atoms with E-state index >= 15 is 0 Å². The molecule has 3 rings (SSSR count). The number of hydrogen-bond acceptors (Lipinski definition) is 4. The van der Waals surface area contributed by atoms with Gasteiger partial charge in [0.15, 0.2) is 0 Å². The van der Waals surface area contributed by atoms with E-state index in [-0.39, 0.29) is 17.5 Å². The lowest BCUT2D eigenvalue weighted by Gasteiger charge is -2.18. The van der Waals surface area contributed by atoms with Crippen molar-refractivity contribution in [1.82, 2.24) is 15.1 Å². The summed E-state index contributed by atoms with van der Waals surface area (Å²) in [6, 6.07) is 15.5. The van der Waals surface area contributed by atoms with Crippen molar-refractivity contribution in [2.75, 3.05) is 19.3 Å². The van der Waals surface area contributed by atoms with Crippen LogP contribution in [0.2, 0.25) is 0 Å². The average Bonchev–Trinajstić information content (AvgIpc) is 3.26. The van der Waals surface area contributed by atoms with Crippen LogP contribution in [0.3, 0.4) is 0 Å². The second-order valence-electron chi connectivity index (χ2n) is 7.57. The van der Waals surface area contributed by atoms with Crippen molar-refractivity contribution >= 4 is 23.6 Å². The minimum atomic E-state index is -0.410. The van der Waals surface area contributed by atoms with Crippen LogP contribution in [0, 0.1) is 5.82 Å². The standard InChI is InChI=1S/C24H27FN4O2S/c1-29(24(31)20-8-4-5-9-22(20)32-16-23(26)30)14-6-2-3-7-19-15-21(28-27-19)17-10-12-18(25)13-11-17/h4-5,8-13,15H,2-3,6-7,14,16H2,1H3,(H2,26,30)(H,27,28). The molecule has 0 aliphatic carbocycles. The maximum absolute atomic E-state index is 13.1. The SMILES string of the molecule is CN(CCCCCc1cc(-c2ccc(F)cc2)n[nH]1)C(=O)c1ccccc1SCC(N)=O. The third-order valence-corrected chi connectivity index (χ3v) is 6.14. The van der Waals surface area contributed by atoms with E-state index in [9.17, 15) is 14.0 Å². The first-order chi connectivity index (χ1) is 15.4. The van der Waals surface area contributed by atoms with Crippen molar-refractivity contribution < 1.29 is 14.0 Å². The molecule has 0 radical (unpaired) electrons. The number of primary amides is 1. The van der Waals surface area contributed by atoms with Gasteiger partial charge in [-0.3, -0.25) is 14.7 Å². The number of carbonyl (C=O) groups is 2. The summed E-state index contributed by atoms with van der Waals surface area (Å²) in [5, 5.41) is 7.34. The summed E-state index contributed by atoms with van der Waals surface area (Å²) in [5.74, 6) is -0.589. The largest absolute Gasteiger partial charge is 0.369 e. The third kappa shape index (κ3) is 6.68. The predicted octanol–water partition coefficient (Wildman–Crippen LogP) is 4.28. The number of carbonyl (C=O) groups excluding carboxylic acids is 2. The van der Waals surface area contributed by atoms with Gasteiger partial charge in [-0.15, -0.1) is 11.8 Å². The Morgan fingerprint density at radius 1 is 1.09 bits per heavy atom. The maximum atomic E-state index is 13.1. The summed E-state index contributed by atoms with van der Waals surface area (Å²) < 4.78 is 13.1. The second-order valence-corrected chi connectivity index (χ2v) is 8.59. The summed E-state index contributed by atoms with van der Waals surface area (Å²) in [7, 11) is 1.79. The van der Waals surface area contributed by atoms with Gasteiger partial charge in [-0.25, -0.2) is 4.39 Å². The normalized spacial score (nSPS) is 10.8. The lowest BCUT2D eigenvalue weighted by Crippen LogP contribution is -2.28. The number of benzene rings is 2. The van der Waals surface area contributed by atoms with Crippen molar-refractivity contribution in [3.05, 3.63) is 71.7 Å². The van der Waals surface area contributed by atoms with E-state index in [4.69, 9.17) is 5.73 Å². The number of aromatic nitrogens is 2. The Morgan fingerprint density at radius 3 is 2.59 bits per heavy atom. The van der Waals surface area contributed by atoms with Crippen LogP contribution in [0.25, 0.3) is 11.3 Å². The molecular weight excluding hydrogens is 427 g/mol. The number of aromatic amines is 1. The Bertz CT molecular complexity index is 1050. The highest BCUT2D eigenvalue weighted by atomic mass is 32.2. The van der Waals surface area contributed by atoms with Crippen LogP contribution in [-0.4, -0.2) is 46.3 Å². The van der Waals surface area contributed by atoms with Gasteiger partial charge in [0.1, 0.15) is 5.82 Å². The molecule has 3 aromatic rings. The van der Waals surface area contributed by atoms with Gasteiger partial charge in [-0.2, -0.15) is 5.10 Å². The Balaban J connectivity index is 1.43. The van der Waals surface area contributed by atoms with Crippen LogP contribution in [0.1, 0.15) is 35.3 Å². The molecule has 0 bridgehead atoms. The molecule has 0 saturated heterocycles. The van der Waals surface area contributed by atoms with Gasteiger partial charge >= 0.3 is 0 Å². The lowest BCUT2D eigenvalue weighted by molar-refractivity contribution is -0.115. The van der Waals surface area contributed by atoms with Crippen LogP contribution < -0.4 is 5.73 Å². The van der Waals surface area contributed by atoms with E-state index in [1.807, 2.05) is 24.3 Å². The summed E-state index contributed by atoms with van der Waals surface area (Å²) >= 11 is 1.28. The monoisotopic (exact) mass is 454 g/mol. The molecule has 8 heteroatoms. The van der Waals surface area contributed by atoms with Gasteiger partial charge in [0.05, 0.1) is 17.0 Å². The first-order valence-corrected chi connectivity index (χ1v) is 11.5. The topological polar surface area (TPSA) is 92.1 Å². The summed E-state index contributed by atoms with van der Waals surface area (Å²) in [6.45, 7) is 0.650. The average molecular weight is 455 g/mol. The molecule has 0 saturated carbocycles. The highest BCUT2D eigenvalue weighted by molar-refractivity contribution is 8.00. The van der Waals surface area contributed by atoms with Crippen molar-refractivity contribution in [2.24, 2.45) is 5.73 Å². The van der Waals surface area contributed by atoms with E-state index in [0.717, 1.165) is 47.5 Å². The highest BCUT2D eigenvalue weighted by Crippen LogP contribution is 2.24. The minimum Gasteiger partial charge on any atom is -0.369 e. The third-order valence-electron chi connectivity index (χ3n) is 5.04. The van der Waals surface area contributed by atoms with Gasteiger partial charge < -0.3 is 10.6 Å². The zero-order valence-electron chi connectivity index (χ0n) is 18.0. The number of rotatable bonds is 11. The summed E-state index contributed by atoms with van der Waals surface area (Å²) in [5.41, 5.74) is 8.53. The van der Waals surface area contributed by atoms with Crippen molar-refractivity contribution in [1.29, 1.82) is 0 Å². The van der Waals surface area contributed by atoms with Crippen LogP contribution in [0.15, 0.2) is 59.5 Å². The fourth-order valence-electron chi connectivity index (χ4n) is 3.32. The molecule has 0 spiro atoms. The zero-order valence-corrected chi connectivity index (χ0v) is 18.8. The number of nitrogens with one attached hydrogen (secondary N) is 1. The van der Waals surface area contributed by atoms with E-state index in [1.165, 1.54) is 23.9 Å². The molecule has 0 aliphatic heterocycles. The number of halogens is 1. The molecule has 3 N–H and O–H groups in total. The fraction of sp³-hybridized carbons (Fsp3) is 0.292. The van der Waals surface area contributed by atoms with E-state index in [1.54, 1.807) is 30.1 Å². The van der Waals surface area contributed by atoms with Crippen molar-refractivity contribution in [3.63, 3.8) is 0 Å². The molecule has 2 amide bonds. The Labute approximate surface area is 191 Å². The molecule has 168 valence electrons. The maximum Gasteiger partial charge on any atom is 0.254 e. The van der Waals surface area contributed by atoms with Gasteiger partial charge in [-0.05, 0) is 61.7 Å². The van der Waals surface area contributed by atoms with E-state index in [0.29, 0.717) is 12.1 Å². The molecule has 32 heavy (non-hydrogen) atoms. The van der Waals surface area contributed by atoms with Gasteiger partial charge in [0.2, 0.25) is 5.91 Å². The van der Waals surface area contributed by atoms with Crippen molar-refractivity contribution in [3.8, 4) is 11.3 Å². The number of nitrogens with two attached hydrogens (primary N) is 1. The second kappa shape index (κ2) is 11.5. The van der Waals surface area contributed by atoms with Crippen molar-refractivity contribution in [2.45, 2.75) is 30.6 Å². The zero-order chi connectivity index (χ0) is 22.9. The number of nitrogens with zero attached hydrogens (tertiary/aromatic N) is 2. The molecule has 1 heterocycles. The molecule has 0 fully saturated rings. The smallest absolute Gasteiger partial charge is 0.254 e. The van der Waals surface area contributed by atoms with Gasteiger partial charge in [-0.1, -0.05) is 18.6 Å². The first-order valence-electron chi connectivity index (χ1n) is 10.5. The fourth-order valence-corrected chi connectivity index (χ4v) is 4.11. The predicted molar refractivity (Wildman–Crippen MR) is 125 cm³/mol. The molecule has 0 aliphatic rings. The van der Waals surface area contributed by atoms with Crippen LogP contribution >= 0.6 is 11.8 Å². The molecular formula is C24H27FN4O2S. The lowest BCUT2D eigenvalue weighted by atomic mass is 10.1. The number of thioether (sulfide) groups is 1. The first kappa shape index (κ1) is 23.5. The summed E-state index contributed by atoms with van der Waals surface area (Å²) in [4.78, 5) is 26.4. The molecule has 0 unspecified atom stereocenters. The van der Waals surface area contributed by atoms with E-state index < -0.39 is 5.91 Å². The number of amides is 2. The van der Waals surface area contributed by atoms with E-state index in [2.05, 4.69) is 10.2 Å². The van der Waals surface area contributed by atoms with Gasteiger partial charge in [0, 0.05) is 29.7 Å². The number of unbranched alkanes of at least 4 members (excludes halogenated alkanes) is 2. The number of hydrogen-bond donors (Lipinski definition) is 2.